The predicted octanol–water partition coefficient (Wildman–Crippen LogP) is 0.952. The Bertz CT molecular complexity index is 885. The van der Waals surface area contributed by atoms with Crippen LogP contribution in [-0.4, -0.2) is 81.9 Å². The molecule has 2 saturated heterocycles. The van der Waals surface area contributed by atoms with Crippen molar-refractivity contribution in [3.63, 3.8) is 0 Å². The number of carbonyl (C=O) groups excluding carboxylic acids is 2. The van der Waals surface area contributed by atoms with Gasteiger partial charge in [-0.2, -0.15) is 4.31 Å². The zero-order valence-electron chi connectivity index (χ0n) is 19.4. The third-order valence-corrected chi connectivity index (χ3v) is 8.01. The van der Waals surface area contributed by atoms with Gasteiger partial charge in [0, 0.05) is 32.7 Å². The van der Waals surface area contributed by atoms with Crippen LogP contribution in [0.5, 0.6) is 0 Å². The lowest BCUT2D eigenvalue weighted by Gasteiger charge is -2.31. The quantitative estimate of drug-likeness (QED) is 0.483. The fraction of sp³-hybridized carbons (Fsp3) is 0.652. The van der Waals surface area contributed by atoms with Crippen LogP contribution in [0.3, 0.4) is 0 Å². The first kappa shape index (κ1) is 25.6. The zero-order valence-corrected chi connectivity index (χ0v) is 20.2. The van der Waals surface area contributed by atoms with Crippen molar-refractivity contribution in [2.75, 3.05) is 52.5 Å². The number of nitrogens with zero attached hydrogens (tertiary/aromatic N) is 2. The maximum atomic E-state index is 12.7. The van der Waals surface area contributed by atoms with Crippen LogP contribution in [0.25, 0.3) is 0 Å². The number of piperidine rings is 1. The largest absolute Gasteiger partial charge is 0.379 e. The molecule has 0 saturated carbocycles. The average molecular weight is 481 g/mol. The Labute approximate surface area is 196 Å². The van der Waals surface area contributed by atoms with Crippen molar-refractivity contribution in [1.29, 1.82) is 0 Å². The van der Waals surface area contributed by atoms with Gasteiger partial charge in [0.1, 0.15) is 0 Å². The maximum absolute atomic E-state index is 12.7. The molecule has 3 rings (SSSR count). The molecule has 1 atom stereocenters. The molecular formula is C23H36N4O5S. The molecule has 2 N–H and O–H groups in total. The van der Waals surface area contributed by atoms with Crippen LogP contribution in [0.2, 0.25) is 0 Å². The summed E-state index contributed by atoms with van der Waals surface area (Å²) in [4.78, 5) is 27.0. The first-order valence-electron chi connectivity index (χ1n) is 11.8. The highest BCUT2D eigenvalue weighted by Crippen LogP contribution is 2.18. The molecule has 10 heteroatoms. The van der Waals surface area contributed by atoms with E-state index in [-0.39, 0.29) is 29.2 Å². The highest BCUT2D eigenvalue weighted by molar-refractivity contribution is 7.89. The van der Waals surface area contributed by atoms with Gasteiger partial charge in [0.25, 0.3) is 0 Å². The Balaban J connectivity index is 1.44. The number of amides is 2. The molecule has 0 bridgehead atoms. The Morgan fingerprint density at radius 1 is 1.09 bits per heavy atom. The molecule has 0 radical (unpaired) electrons. The average Bonchev–Trinajstić information content (AvgIpc) is 2.84. The summed E-state index contributed by atoms with van der Waals surface area (Å²) in [6, 6.07) is 6.62. The second-order valence-corrected chi connectivity index (χ2v) is 10.6. The minimum atomic E-state index is -3.52. The van der Waals surface area contributed by atoms with E-state index in [4.69, 9.17) is 4.74 Å². The van der Waals surface area contributed by atoms with E-state index in [1.807, 2.05) is 4.90 Å². The van der Waals surface area contributed by atoms with Crippen molar-refractivity contribution in [2.45, 2.75) is 44.0 Å². The number of ether oxygens (including phenoxy) is 1. The van der Waals surface area contributed by atoms with E-state index >= 15 is 0 Å². The number of likely N-dealkylation sites (tertiary alicyclic amines) is 1. The Hall–Kier alpha value is -2.01. The summed E-state index contributed by atoms with van der Waals surface area (Å²) >= 11 is 0. The molecule has 9 nitrogen and oxygen atoms in total. The number of sulfonamides is 1. The summed E-state index contributed by atoms with van der Waals surface area (Å²) < 4.78 is 32.1. The second-order valence-electron chi connectivity index (χ2n) is 8.66. The van der Waals surface area contributed by atoms with Crippen LogP contribution >= 0.6 is 0 Å². The smallest absolute Gasteiger partial charge is 0.243 e. The number of hydrogen-bond donors (Lipinski definition) is 2. The predicted molar refractivity (Wildman–Crippen MR) is 125 cm³/mol. The second kappa shape index (κ2) is 12.5. The van der Waals surface area contributed by atoms with E-state index in [9.17, 15) is 18.0 Å². The van der Waals surface area contributed by atoms with Crippen LogP contribution in [0.4, 0.5) is 0 Å². The number of nitrogens with one attached hydrogen (secondary N) is 2. The molecule has 0 spiro atoms. The molecule has 2 aliphatic heterocycles. The minimum Gasteiger partial charge on any atom is -0.379 e. The topological polar surface area (TPSA) is 108 Å². The van der Waals surface area contributed by atoms with Crippen LogP contribution in [0.1, 0.15) is 38.2 Å². The first-order chi connectivity index (χ1) is 15.9. The number of benzene rings is 1. The van der Waals surface area contributed by atoms with Crippen LogP contribution < -0.4 is 10.6 Å². The van der Waals surface area contributed by atoms with Gasteiger partial charge in [-0.05, 0) is 43.5 Å². The van der Waals surface area contributed by atoms with Gasteiger partial charge in [0.15, 0.2) is 0 Å². The summed E-state index contributed by atoms with van der Waals surface area (Å²) in [6.07, 6.45) is 3.78. The molecular weight excluding hydrogens is 444 g/mol. The van der Waals surface area contributed by atoms with Crippen molar-refractivity contribution in [2.24, 2.45) is 5.92 Å². The molecule has 1 aromatic rings. The fourth-order valence-electron chi connectivity index (χ4n) is 4.12. The molecule has 2 fully saturated rings. The molecule has 33 heavy (non-hydrogen) atoms. The Morgan fingerprint density at radius 2 is 1.82 bits per heavy atom. The minimum absolute atomic E-state index is 0.0654. The zero-order chi connectivity index (χ0) is 23.7. The Kier molecular flexibility index (Phi) is 9.66. The van der Waals surface area contributed by atoms with E-state index in [2.05, 4.69) is 17.6 Å². The third kappa shape index (κ3) is 7.49. The van der Waals surface area contributed by atoms with Gasteiger partial charge in [-0.15, -0.1) is 0 Å². The van der Waals surface area contributed by atoms with Gasteiger partial charge < -0.3 is 15.4 Å². The lowest BCUT2D eigenvalue weighted by molar-refractivity contribution is -0.129. The van der Waals surface area contributed by atoms with Gasteiger partial charge >= 0.3 is 0 Å². The molecule has 2 heterocycles. The highest BCUT2D eigenvalue weighted by Gasteiger charge is 2.27. The summed E-state index contributed by atoms with van der Waals surface area (Å²) in [5, 5.41) is 5.89. The van der Waals surface area contributed by atoms with E-state index in [1.54, 1.807) is 24.3 Å². The van der Waals surface area contributed by atoms with E-state index < -0.39 is 10.0 Å². The monoisotopic (exact) mass is 480 g/mol. The molecule has 2 amide bonds. The van der Waals surface area contributed by atoms with Crippen molar-refractivity contribution in [1.82, 2.24) is 19.8 Å². The molecule has 184 valence electrons. The normalized spacial score (nSPS) is 20.3. The van der Waals surface area contributed by atoms with Crippen molar-refractivity contribution >= 4 is 21.8 Å². The van der Waals surface area contributed by atoms with Crippen molar-refractivity contribution in [3.8, 4) is 0 Å². The number of rotatable bonds is 10. The summed E-state index contributed by atoms with van der Waals surface area (Å²) in [5.74, 6) is -0.0860. The van der Waals surface area contributed by atoms with Crippen molar-refractivity contribution in [3.05, 3.63) is 29.8 Å². The summed E-state index contributed by atoms with van der Waals surface area (Å²) in [5.41, 5.74) is 0.830. The number of unbranched alkanes of at least 4 members (excludes halogenated alkanes) is 1. The molecule has 0 aliphatic carbocycles. The molecule has 1 unspecified atom stereocenters. The highest BCUT2D eigenvalue weighted by atomic mass is 32.2. The molecule has 0 aromatic heterocycles. The van der Waals surface area contributed by atoms with Crippen LogP contribution in [0, 0.1) is 5.92 Å². The van der Waals surface area contributed by atoms with Gasteiger partial charge in [-0.25, -0.2) is 8.42 Å². The lowest BCUT2D eigenvalue weighted by Crippen LogP contribution is -2.46. The van der Waals surface area contributed by atoms with E-state index in [0.29, 0.717) is 45.9 Å². The lowest BCUT2D eigenvalue weighted by atomic mass is 9.97. The molecule has 2 aliphatic rings. The van der Waals surface area contributed by atoms with Gasteiger partial charge in [-0.3, -0.25) is 14.5 Å². The van der Waals surface area contributed by atoms with Gasteiger partial charge in [-0.1, -0.05) is 25.5 Å². The standard InChI is InChI=1S/C23H36N4O5S/c1-2-3-10-24-23(29)20-5-4-11-26(17-20)18-22(28)25-16-19-6-8-21(9-7-19)33(30,31)27-12-14-32-15-13-27/h6-9,20H,2-5,10-18H2,1H3,(H,24,29)(H,25,28). The maximum Gasteiger partial charge on any atom is 0.243 e. The van der Waals surface area contributed by atoms with Crippen LogP contribution in [0.15, 0.2) is 29.2 Å². The number of carbonyl (C=O) groups is 2. The first-order valence-corrected chi connectivity index (χ1v) is 13.3. The van der Waals surface area contributed by atoms with Crippen molar-refractivity contribution < 1.29 is 22.7 Å². The third-order valence-electron chi connectivity index (χ3n) is 6.09. The number of hydrogen-bond acceptors (Lipinski definition) is 6. The van der Waals surface area contributed by atoms with E-state index in [1.165, 1.54) is 4.31 Å². The SMILES string of the molecule is CCCCNC(=O)C1CCCN(CC(=O)NCc2ccc(S(=O)(=O)N3CCOCC3)cc2)C1. The van der Waals surface area contributed by atoms with Gasteiger partial charge in [0.05, 0.1) is 30.6 Å². The number of morpholine rings is 1. The van der Waals surface area contributed by atoms with Gasteiger partial charge in [0.2, 0.25) is 21.8 Å². The summed E-state index contributed by atoms with van der Waals surface area (Å²) in [7, 11) is -3.52. The fourth-order valence-corrected chi connectivity index (χ4v) is 5.53. The molecule has 1 aromatic carbocycles. The summed E-state index contributed by atoms with van der Waals surface area (Å²) in [6.45, 7) is 6.31. The van der Waals surface area contributed by atoms with E-state index in [0.717, 1.165) is 37.8 Å². The van der Waals surface area contributed by atoms with Crippen LogP contribution in [-0.2, 0) is 30.9 Å². The Morgan fingerprint density at radius 3 is 2.52 bits per heavy atom.